The van der Waals surface area contributed by atoms with Crippen molar-refractivity contribution in [3.63, 3.8) is 0 Å². The van der Waals surface area contributed by atoms with E-state index in [0.717, 1.165) is 38.4 Å². The first-order valence-corrected chi connectivity index (χ1v) is 9.54. The van der Waals surface area contributed by atoms with Gasteiger partial charge in [-0.05, 0) is 29.5 Å². The van der Waals surface area contributed by atoms with Gasteiger partial charge in [0.2, 0.25) is 5.89 Å². The van der Waals surface area contributed by atoms with Gasteiger partial charge in [0.25, 0.3) is 0 Å². The van der Waals surface area contributed by atoms with Crippen LogP contribution >= 0.6 is 0 Å². The number of aromatic nitrogens is 2. The average Bonchev–Trinajstić information content (AvgIpc) is 3.35. The maximum absolute atomic E-state index is 5.84. The number of nitrogens with zero attached hydrogens (tertiary/aromatic N) is 3. The third-order valence-corrected chi connectivity index (χ3v) is 4.89. The molecule has 3 aromatic rings. The van der Waals surface area contributed by atoms with Gasteiger partial charge < -0.3 is 9.26 Å². The van der Waals surface area contributed by atoms with Crippen molar-refractivity contribution in [1.82, 2.24) is 15.0 Å². The number of benzene rings is 2. The first-order valence-electron chi connectivity index (χ1n) is 9.54. The van der Waals surface area contributed by atoms with Gasteiger partial charge in [0.15, 0.2) is 5.82 Å². The summed E-state index contributed by atoms with van der Waals surface area (Å²) in [6.07, 6.45) is 2.56. The molecule has 5 heteroatoms. The summed E-state index contributed by atoms with van der Waals surface area (Å²) in [5, 5.41) is 4.06. The van der Waals surface area contributed by atoms with E-state index in [2.05, 4.69) is 63.6 Å². The standard InChI is InChI=1S/C22H25N3O2/c1-17-23-22(24-27-17)16-25(15-21-8-5-13-26-21)14-18-9-11-20(12-10-18)19-6-3-2-4-7-19/h2-4,6-7,9-12,21H,5,8,13-16H2,1H3/t21-/m1/s1. The van der Waals surface area contributed by atoms with Crippen molar-refractivity contribution in [3.8, 4) is 11.1 Å². The van der Waals surface area contributed by atoms with E-state index in [1.54, 1.807) is 0 Å². The molecule has 140 valence electrons. The fraction of sp³-hybridized carbons (Fsp3) is 0.364. The van der Waals surface area contributed by atoms with Gasteiger partial charge in [0.05, 0.1) is 12.6 Å². The number of aryl methyl sites for hydroxylation is 1. The predicted molar refractivity (Wildman–Crippen MR) is 104 cm³/mol. The Labute approximate surface area is 160 Å². The Balaban J connectivity index is 1.46. The van der Waals surface area contributed by atoms with Crippen LogP contribution < -0.4 is 0 Å². The molecule has 0 N–H and O–H groups in total. The summed E-state index contributed by atoms with van der Waals surface area (Å²) in [6.45, 7) is 5.07. The molecule has 0 unspecified atom stereocenters. The SMILES string of the molecule is Cc1nc(CN(Cc2ccc(-c3ccccc3)cc2)C[C@H]2CCCO2)no1. The van der Waals surface area contributed by atoms with Crippen LogP contribution in [0.15, 0.2) is 59.1 Å². The van der Waals surface area contributed by atoms with Crippen molar-refractivity contribution in [2.75, 3.05) is 13.2 Å². The summed E-state index contributed by atoms with van der Waals surface area (Å²) in [5.74, 6) is 1.33. The van der Waals surface area contributed by atoms with Crippen LogP contribution in [0.3, 0.4) is 0 Å². The third kappa shape index (κ3) is 4.81. The van der Waals surface area contributed by atoms with Gasteiger partial charge in [-0.25, -0.2) is 0 Å². The molecule has 1 atom stereocenters. The number of ether oxygens (including phenoxy) is 1. The lowest BCUT2D eigenvalue weighted by Crippen LogP contribution is -2.31. The van der Waals surface area contributed by atoms with Crippen molar-refractivity contribution in [2.24, 2.45) is 0 Å². The molecule has 1 saturated heterocycles. The summed E-state index contributed by atoms with van der Waals surface area (Å²) >= 11 is 0. The second kappa shape index (κ2) is 8.46. The Morgan fingerprint density at radius 3 is 2.44 bits per heavy atom. The highest BCUT2D eigenvalue weighted by molar-refractivity contribution is 5.63. The summed E-state index contributed by atoms with van der Waals surface area (Å²) in [5.41, 5.74) is 3.74. The van der Waals surface area contributed by atoms with Crippen LogP contribution in [-0.4, -0.2) is 34.3 Å². The Morgan fingerprint density at radius 2 is 1.78 bits per heavy atom. The second-order valence-electron chi connectivity index (χ2n) is 7.10. The lowest BCUT2D eigenvalue weighted by molar-refractivity contribution is 0.0667. The molecule has 0 aliphatic carbocycles. The maximum Gasteiger partial charge on any atom is 0.223 e. The van der Waals surface area contributed by atoms with Crippen molar-refractivity contribution >= 4 is 0 Å². The Bertz CT molecular complexity index is 840. The molecule has 2 heterocycles. The number of hydrogen-bond acceptors (Lipinski definition) is 5. The zero-order valence-electron chi connectivity index (χ0n) is 15.7. The fourth-order valence-electron chi connectivity index (χ4n) is 3.56. The lowest BCUT2D eigenvalue weighted by Gasteiger charge is -2.24. The minimum Gasteiger partial charge on any atom is -0.377 e. The normalized spacial score (nSPS) is 16.9. The molecule has 0 spiro atoms. The van der Waals surface area contributed by atoms with Gasteiger partial charge in [-0.3, -0.25) is 4.90 Å². The highest BCUT2D eigenvalue weighted by Crippen LogP contribution is 2.21. The van der Waals surface area contributed by atoms with E-state index in [-0.39, 0.29) is 0 Å². The topological polar surface area (TPSA) is 51.4 Å². The van der Waals surface area contributed by atoms with Crippen molar-refractivity contribution < 1.29 is 9.26 Å². The minimum atomic E-state index is 0.293. The van der Waals surface area contributed by atoms with E-state index in [9.17, 15) is 0 Å². The molecule has 1 aromatic heterocycles. The van der Waals surface area contributed by atoms with Crippen LogP contribution in [0.1, 0.15) is 30.1 Å². The van der Waals surface area contributed by atoms with Gasteiger partial charge in [0.1, 0.15) is 0 Å². The highest BCUT2D eigenvalue weighted by Gasteiger charge is 2.21. The summed E-state index contributed by atoms with van der Waals surface area (Å²) in [6, 6.07) is 19.2. The molecular formula is C22H25N3O2. The molecule has 0 saturated carbocycles. The zero-order valence-corrected chi connectivity index (χ0v) is 15.7. The van der Waals surface area contributed by atoms with E-state index >= 15 is 0 Å². The molecule has 0 radical (unpaired) electrons. The zero-order chi connectivity index (χ0) is 18.5. The fourth-order valence-corrected chi connectivity index (χ4v) is 3.56. The molecule has 2 aromatic carbocycles. The van der Waals surface area contributed by atoms with Gasteiger partial charge in [-0.15, -0.1) is 0 Å². The van der Waals surface area contributed by atoms with Crippen LogP contribution in [0.25, 0.3) is 11.1 Å². The van der Waals surface area contributed by atoms with E-state index < -0.39 is 0 Å². The van der Waals surface area contributed by atoms with Crippen molar-refractivity contribution in [2.45, 2.75) is 39.0 Å². The Kier molecular flexibility index (Phi) is 5.61. The molecule has 27 heavy (non-hydrogen) atoms. The van der Waals surface area contributed by atoms with E-state index in [1.165, 1.54) is 16.7 Å². The quantitative estimate of drug-likeness (QED) is 0.629. The minimum absolute atomic E-state index is 0.293. The van der Waals surface area contributed by atoms with Gasteiger partial charge in [-0.2, -0.15) is 4.98 Å². The first kappa shape index (κ1) is 17.9. The number of hydrogen-bond donors (Lipinski definition) is 0. The van der Waals surface area contributed by atoms with Crippen LogP contribution in [0, 0.1) is 6.92 Å². The molecular weight excluding hydrogens is 338 g/mol. The summed E-state index contributed by atoms with van der Waals surface area (Å²) in [7, 11) is 0. The first-order chi connectivity index (χ1) is 13.3. The third-order valence-electron chi connectivity index (χ3n) is 4.89. The van der Waals surface area contributed by atoms with Gasteiger partial charge in [-0.1, -0.05) is 59.8 Å². The van der Waals surface area contributed by atoms with Crippen molar-refractivity contribution in [3.05, 3.63) is 71.9 Å². The lowest BCUT2D eigenvalue weighted by atomic mass is 10.0. The van der Waals surface area contributed by atoms with Crippen LogP contribution in [-0.2, 0) is 17.8 Å². The summed E-state index contributed by atoms with van der Waals surface area (Å²) < 4.78 is 11.0. The molecule has 1 aliphatic rings. The molecule has 1 fully saturated rings. The van der Waals surface area contributed by atoms with Crippen LogP contribution in [0.5, 0.6) is 0 Å². The average molecular weight is 363 g/mol. The van der Waals surface area contributed by atoms with E-state index in [1.807, 2.05) is 13.0 Å². The number of rotatable bonds is 7. The molecule has 0 bridgehead atoms. The molecule has 1 aliphatic heterocycles. The van der Waals surface area contributed by atoms with Gasteiger partial charge >= 0.3 is 0 Å². The van der Waals surface area contributed by atoms with E-state index in [0.29, 0.717) is 18.5 Å². The van der Waals surface area contributed by atoms with Gasteiger partial charge in [0, 0.05) is 26.6 Å². The molecule has 0 amide bonds. The van der Waals surface area contributed by atoms with Crippen LogP contribution in [0.4, 0.5) is 0 Å². The Morgan fingerprint density at radius 1 is 1.00 bits per heavy atom. The largest absolute Gasteiger partial charge is 0.377 e. The molecule has 4 rings (SSSR count). The predicted octanol–water partition coefficient (Wildman–Crippen LogP) is 4.23. The highest BCUT2D eigenvalue weighted by atomic mass is 16.5. The smallest absolute Gasteiger partial charge is 0.223 e. The monoisotopic (exact) mass is 363 g/mol. The van der Waals surface area contributed by atoms with Crippen LogP contribution in [0.2, 0.25) is 0 Å². The second-order valence-corrected chi connectivity index (χ2v) is 7.10. The maximum atomic E-state index is 5.84. The molecule has 5 nitrogen and oxygen atoms in total. The van der Waals surface area contributed by atoms with E-state index in [4.69, 9.17) is 9.26 Å². The Hall–Kier alpha value is -2.50. The summed E-state index contributed by atoms with van der Waals surface area (Å²) in [4.78, 5) is 6.71. The van der Waals surface area contributed by atoms with Crippen molar-refractivity contribution in [1.29, 1.82) is 0 Å².